The number of aromatic nitrogens is 2. The van der Waals surface area contributed by atoms with Gasteiger partial charge in [0.15, 0.2) is 0 Å². The molecular formula is C12H22N4S. The minimum Gasteiger partial charge on any atom is -0.393 e. The number of rotatable bonds is 6. The standard InChI is InChI=1S/C12H22N4S/c1-9(2)16-6-5-11(14-16)8-15(4)10(3)7-12(13)17/h5-6,9-10H,7-8H2,1-4H3,(H2,13,17). The van der Waals surface area contributed by atoms with Gasteiger partial charge < -0.3 is 5.73 Å². The maximum Gasteiger partial charge on any atom is 0.0764 e. The summed E-state index contributed by atoms with van der Waals surface area (Å²) in [5.74, 6) is 0. The molecule has 0 fully saturated rings. The van der Waals surface area contributed by atoms with Crippen LogP contribution in [0.25, 0.3) is 0 Å². The van der Waals surface area contributed by atoms with Gasteiger partial charge in [0.1, 0.15) is 0 Å². The van der Waals surface area contributed by atoms with E-state index in [-0.39, 0.29) is 0 Å². The number of nitrogens with two attached hydrogens (primary N) is 1. The first kappa shape index (κ1) is 14.1. The SMILES string of the molecule is CC(CC(N)=S)N(C)Cc1ccn(C(C)C)n1. The highest BCUT2D eigenvalue weighted by Gasteiger charge is 2.12. The lowest BCUT2D eigenvalue weighted by atomic mass is 10.2. The van der Waals surface area contributed by atoms with Crippen molar-refractivity contribution in [2.24, 2.45) is 5.73 Å². The Morgan fingerprint density at radius 1 is 1.53 bits per heavy atom. The van der Waals surface area contributed by atoms with E-state index in [1.54, 1.807) is 0 Å². The Kier molecular flexibility index (Phi) is 5.08. The summed E-state index contributed by atoms with van der Waals surface area (Å²) in [7, 11) is 2.07. The van der Waals surface area contributed by atoms with Gasteiger partial charge in [-0.15, -0.1) is 0 Å². The second-order valence-corrected chi connectivity index (χ2v) is 5.34. The molecule has 1 aromatic rings. The monoisotopic (exact) mass is 254 g/mol. The zero-order valence-electron chi connectivity index (χ0n) is 11.1. The third-order valence-corrected chi connectivity index (χ3v) is 3.02. The molecule has 1 heterocycles. The van der Waals surface area contributed by atoms with Crippen molar-refractivity contribution in [3.63, 3.8) is 0 Å². The molecule has 0 aliphatic carbocycles. The van der Waals surface area contributed by atoms with E-state index in [9.17, 15) is 0 Å². The summed E-state index contributed by atoms with van der Waals surface area (Å²) in [6.45, 7) is 7.19. The first-order valence-electron chi connectivity index (χ1n) is 5.92. The maximum atomic E-state index is 5.55. The maximum absolute atomic E-state index is 5.55. The highest BCUT2D eigenvalue weighted by atomic mass is 32.1. The summed E-state index contributed by atoms with van der Waals surface area (Å²) in [4.78, 5) is 2.78. The van der Waals surface area contributed by atoms with Crippen molar-refractivity contribution < 1.29 is 0 Å². The Bertz CT molecular complexity index is 372. The third kappa shape index (κ3) is 4.44. The van der Waals surface area contributed by atoms with Crippen molar-refractivity contribution in [3.8, 4) is 0 Å². The van der Waals surface area contributed by atoms with Gasteiger partial charge in [-0.2, -0.15) is 5.10 Å². The van der Waals surface area contributed by atoms with E-state index in [1.807, 2.05) is 10.9 Å². The lowest BCUT2D eigenvalue weighted by molar-refractivity contribution is 0.251. The van der Waals surface area contributed by atoms with E-state index in [2.05, 4.69) is 43.9 Å². The predicted molar refractivity (Wildman–Crippen MR) is 74.9 cm³/mol. The number of thiocarbonyl (C=S) groups is 1. The molecule has 1 rings (SSSR count). The molecule has 1 aromatic heterocycles. The summed E-state index contributed by atoms with van der Waals surface area (Å²) in [6, 6.07) is 2.81. The van der Waals surface area contributed by atoms with Gasteiger partial charge in [0.05, 0.1) is 10.7 Å². The van der Waals surface area contributed by atoms with Crippen LogP contribution in [-0.4, -0.2) is 32.8 Å². The zero-order chi connectivity index (χ0) is 13.0. The van der Waals surface area contributed by atoms with Crippen LogP contribution in [0.15, 0.2) is 12.3 Å². The van der Waals surface area contributed by atoms with Gasteiger partial charge >= 0.3 is 0 Å². The number of nitrogens with zero attached hydrogens (tertiary/aromatic N) is 3. The second kappa shape index (κ2) is 6.12. The molecule has 4 nitrogen and oxygen atoms in total. The van der Waals surface area contributed by atoms with E-state index in [1.165, 1.54) is 0 Å². The van der Waals surface area contributed by atoms with E-state index < -0.39 is 0 Å². The number of hydrogen-bond acceptors (Lipinski definition) is 3. The second-order valence-electron chi connectivity index (χ2n) is 4.82. The van der Waals surface area contributed by atoms with Gasteiger partial charge in [-0.3, -0.25) is 9.58 Å². The van der Waals surface area contributed by atoms with Gasteiger partial charge in [-0.25, -0.2) is 0 Å². The highest BCUT2D eigenvalue weighted by Crippen LogP contribution is 2.09. The fourth-order valence-electron chi connectivity index (χ4n) is 1.61. The molecule has 1 atom stereocenters. The largest absolute Gasteiger partial charge is 0.393 e. The van der Waals surface area contributed by atoms with Crippen LogP contribution in [-0.2, 0) is 6.54 Å². The molecule has 0 spiro atoms. The average molecular weight is 254 g/mol. The van der Waals surface area contributed by atoms with Crippen LogP contribution in [0.1, 0.15) is 38.9 Å². The van der Waals surface area contributed by atoms with Crippen molar-refractivity contribution in [2.75, 3.05) is 7.05 Å². The molecule has 96 valence electrons. The van der Waals surface area contributed by atoms with Crippen molar-refractivity contribution in [2.45, 2.75) is 45.8 Å². The van der Waals surface area contributed by atoms with Crippen molar-refractivity contribution in [3.05, 3.63) is 18.0 Å². The molecule has 0 aromatic carbocycles. The van der Waals surface area contributed by atoms with Crippen LogP contribution in [0.3, 0.4) is 0 Å². The molecule has 0 saturated heterocycles. The zero-order valence-corrected chi connectivity index (χ0v) is 11.9. The molecule has 0 bridgehead atoms. The van der Waals surface area contributed by atoms with Crippen molar-refractivity contribution in [1.29, 1.82) is 0 Å². The highest BCUT2D eigenvalue weighted by molar-refractivity contribution is 7.80. The Labute approximate surface area is 109 Å². The van der Waals surface area contributed by atoms with Crippen LogP contribution in [0.5, 0.6) is 0 Å². The summed E-state index contributed by atoms with van der Waals surface area (Å²) < 4.78 is 1.97. The average Bonchev–Trinajstić information content (AvgIpc) is 2.65. The first-order chi connectivity index (χ1) is 7.90. The fraction of sp³-hybridized carbons (Fsp3) is 0.667. The summed E-state index contributed by atoms with van der Waals surface area (Å²) in [5.41, 5.74) is 6.63. The summed E-state index contributed by atoms with van der Waals surface area (Å²) >= 11 is 4.93. The first-order valence-corrected chi connectivity index (χ1v) is 6.33. The number of hydrogen-bond donors (Lipinski definition) is 1. The topological polar surface area (TPSA) is 47.1 Å². The summed E-state index contributed by atoms with van der Waals surface area (Å²) in [5, 5.41) is 4.52. The fourth-order valence-corrected chi connectivity index (χ4v) is 1.85. The van der Waals surface area contributed by atoms with Crippen LogP contribution < -0.4 is 5.73 Å². The van der Waals surface area contributed by atoms with Crippen molar-refractivity contribution >= 4 is 17.2 Å². The van der Waals surface area contributed by atoms with Crippen LogP contribution >= 0.6 is 12.2 Å². The normalized spacial score (nSPS) is 13.3. The molecule has 5 heteroatoms. The van der Waals surface area contributed by atoms with Crippen LogP contribution in [0.4, 0.5) is 0 Å². The van der Waals surface area contributed by atoms with Gasteiger partial charge in [0.2, 0.25) is 0 Å². The molecule has 0 radical (unpaired) electrons. The molecule has 1 unspecified atom stereocenters. The van der Waals surface area contributed by atoms with E-state index in [0.717, 1.165) is 18.7 Å². The lowest BCUT2D eigenvalue weighted by Gasteiger charge is -2.23. The van der Waals surface area contributed by atoms with Crippen LogP contribution in [0.2, 0.25) is 0 Å². The predicted octanol–water partition coefficient (Wildman–Crippen LogP) is 1.96. The van der Waals surface area contributed by atoms with E-state index in [0.29, 0.717) is 17.1 Å². The summed E-state index contributed by atoms with van der Waals surface area (Å²) in [6.07, 6.45) is 2.77. The third-order valence-electron chi connectivity index (χ3n) is 2.85. The Morgan fingerprint density at radius 3 is 2.65 bits per heavy atom. The Balaban J connectivity index is 2.55. The van der Waals surface area contributed by atoms with Gasteiger partial charge in [0, 0.05) is 31.2 Å². The molecule has 0 aliphatic heterocycles. The minimum absolute atomic E-state index is 0.344. The van der Waals surface area contributed by atoms with E-state index in [4.69, 9.17) is 18.0 Å². The molecule has 17 heavy (non-hydrogen) atoms. The van der Waals surface area contributed by atoms with E-state index >= 15 is 0 Å². The molecule has 0 saturated carbocycles. The molecule has 0 aliphatic rings. The lowest BCUT2D eigenvalue weighted by Crippen LogP contribution is -2.32. The smallest absolute Gasteiger partial charge is 0.0764 e. The quantitative estimate of drug-likeness (QED) is 0.788. The Morgan fingerprint density at radius 2 is 2.18 bits per heavy atom. The van der Waals surface area contributed by atoms with Gasteiger partial charge in [-0.1, -0.05) is 12.2 Å². The minimum atomic E-state index is 0.344. The molecule has 2 N–H and O–H groups in total. The van der Waals surface area contributed by atoms with Gasteiger partial charge in [0.25, 0.3) is 0 Å². The van der Waals surface area contributed by atoms with Gasteiger partial charge in [-0.05, 0) is 33.9 Å². The molecule has 0 amide bonds. The van der Waals surface area contributed by atoms with Crippen LogP contribution in [0, 0.1) is 0 Å². The van der Waals surface area contributed by atoms with Crippen molar-refractivity contribution in [1.82, 2.24) is 14.7 Å². The molecular weight excluding hydrogens is 232 g/mol. The Hall–Kier alpha value is -0.940.